The minimum atomic E-state index is -0.352. The van der Waals surface area contributed by atoms with Crippen LogP contribution in [0.2, 0.25) is 0 Å². The van der Waals surface area contributed by atoms with Crippen molar-refractivity contribution in [3.05, 3.63) is 95.7 Å². The van der Waals surface area contributed by atoms with Crippen LogP contribution in [0.15, 0.2) is 77.9 Å². The highest BCUT2D eigenvalue weighted by Gasteiger charge is 2.16. The number of aryl methyl sites for hydroxylation is 1. The van der Waals surface area contributed by atoms with Crippen molar-refractivity contribution in [1.29, 1.82) is 0 Å². The van der Waals surface area contributed by atoms with Crippen LogP contribution in [0.3, 0.4) is 0 Å². The average molecular weight is 483 g/mol. The summed E-state index contributed by atoms with van der Waals surface area (Å²) < 4.78 is 27.5. The molecule has 1 amide bonds. The topological polar surface area (TPSA) is 67.2 Å². The number of carbonyl (C=O) groups is 1. The number of aliphatic imine (C=N–C) groups is 1. The van der Waals surface area contributed by atoms with Gasteiger partial charge in [-0.2, -0.15) is 0 Å². The van der Waals surface area contributed by atoms with Gasteiger partial charge in [-0.25, -0.2) is 18.7 Å². The van der Waals surface area contributed by atoms with Crippen molar-refractivity contribution in [3.63, 3.8) is 0 Å². The lowest BCUT2D eigenvalue weighted by atomic mass is 10.0. The largest absolute Gasteiger partial charge is 0.352 e. The fourth-order valence-corrected chi connectivity index (χ4v) is 4.16. The van der Waals surface area contributed by atoms with E-state index in [4.69, 9.17) is 9.97 Å². The maximum Gasteiger partial charge on any atom is 0.251 e. The second kappa shape index (κ2) is 10.2. The van der Waals surface area contributed by atoms with Gasteiger partial charge >= 0.3 is 0 Å². The number of benzene rings is 3. The van der Waals surface area contributed by atoms with Gasteiger partial charge in [-0.3, -0.25) is 9.79 Å². The van der Waals surface area contributed by atoms with E-state index in [9.17, 15) is 13.6 Å². The molecule has 2 heterocycles. The molecule has 0 radical (unpaired) electrons. The lowest BCUT2D eigenvalue weighted by molar-refractivity contribution is 0.0953. The molecule has 0 saturated heterocycles. The van der Waals surface area contributed by atoms with Gasteiger partial charge in [0.2, 0.25) is 0 Å². The SMILES string of the molecule is Cc1cc(-c2nc3cc(C(=O)NCCCC4=NC=CC4)ccc3nc2-c2ccc(F)cc2)ccc1F. The zero-order valence-electron chi connectivity index (χ0n) is 19.8. The van der Waals surface area contributed by atoms with Crippen molar-refractivity contribution >= 4 is 22.7 Å². The number of allylic oxidation sites excluding steroid dienone is 1. The Balaban J connectivity index is 1.46. The Bertz CT molecular complexity index is 1510. The summed E-state index contributed by atoms with van der Waals surface area (Å²) in [7, 11) is 0. The van der Waals surface area contributed by atoms with Gasteiger partial charge in [0.15, 0.2) is 0 Å². The van der Waals surface area contributed by atoms with Crippen molar-refractivity contribution in [1.82, 2.24) is 15.3 Å². The summed E-state index contributed by atoms with van der Waals surface area (Å²) >= 11 is 0. The van der Waals surface area contributed by atoms with E-state index in [0.29, 0.717) is 51.2 Å². The van der Waals surface area contributed by atoms with Gasteiger partial charge in [0.1, 0.15) is 11.6 Å². The summed E-state index contributed by atoms with van der Waals surface area (Å²) in [5.74, 6) is -0.853. The summed E-state index contributed by atoms with van der Waals surface area (Å²) in [4.78, 5) is 26.7. The number of aromatic nitrogens is 2. The lowest BCUT2D eigenvalue weighted by Crippen LogP contribution is -2.24. The molecule has 36 heavy (non-hydrogen) atoms. The fraction of sp³-hybridized carbons (Fsp3) is 0.172. The molecule has 0 aliphatic carbocycles. The first-order chi connectivity index (χ1) is 17.5. The van der Waals surface area contributed by atoms with E-state index in [1.54, 1.807) is 49.4 Å². The van der Waals surface area contributed by atoms with Crippen LogP contribution in [0, 0.1) is 18.6 Å². The van der Waals surface area contributed by atoms with Crippen molar-refractivity contribution in [2.45, 2.75) is 26.2 Å². The number of rotatable bonds is 7. The number of hydrogen-bond donors (Lipinski definition) is 1. The Hall–Kier alpha value is -4.26. The molecule has 180 valence electrons. The van der Waals surface area contributed by atoms with E-state index in [1.165, 1.54) is 18.2 Å². The molecule has 4 aromatic rings. The highest BCUT2D eigenvalue weighted by Crippen LogP contribution is 2.32. The third-order valence-electron chi connectivity index (χ3n) is 6.12. The Kier molecular flexibility index (Phi) is 6.62. The predicted molar refractivity (Wildman–Crippen MR) is 138 cm³/mol. The molecule has 1 N–H and O–H groups in total. The van der Waals surface area contributed by atoms with Gasteiger partial charge < -0.3 is 5.32 Å². The minimum absolute atomic E-state index is 0.188. The van der Waals surface area contributed by atoms with Gasteiger partial charge in [-0.1, -0.05) is 6.08 Å². The highest BCUT2D eigenvalue weighted by atomic mass is 19.1. The van der Waals surface area contributed by atoms with Crippen molar-refractivity contribution in [2.24, 2.45) is 4.99 Å². The average Bonchev–Trinajstić information content (AvgIpc) is 3.41. The van der Waals surface area contributed by atoms with Crippen LogP contribution in [0.4, 0.5) is 8.78 Å². The van der Waals surface area contributed by atoms with E-state index < -0.39 is 0 Å². The molecule has 7 heteroatoms. The quantitative estimate of drug-likeness (QED) is 0.309. The van der Waals surface area contributed by atoms with E-state index in [-0.39, 0.29) is 17.5 Å². The number of nitrogens with zero attached hydrogens (tertiary/aromatic N) is 3. The zero-order valence-corrected chi connectivity index (χ0v) is 19.8. The maximum atomic E-state index is 14.0. The molecule has 1 aromatic heterocycles. The van der Waals surface area contributed by atoms with Crippen LogP contribution in [-0.4, -0.2) is 28.1 Å². The third kappa shape index (κ3) is 5.05. The fourth-order valence-electron chi connectivity index (χ4n) is 4.16. The summed E-state index contributed by atoms with van der Waals surface area (Å²) in [5.41, 5.74) is 5.67. The molecule has 0 unspecified atom stereocenters. The first-order valence-electron chi connectivity index (χ1n) is 11.8. The summed E-state index contributed by atoms with van der Waals surface area (Å²) in [6.07, 6.45) is 6.38. The highest BCUT2D eigenvalue weighted by molar-refractivity contribution is 5.98. The van der Waals surface area contributed by atoms with Gasteiger partial charge in [0.05, 0.1) is 22.4 Å². The standard InChI is InChI=1S/C29H24F2N4O/c1-18-16-20(8-12-24(18)31)28-27(19-6-10-22(30)11-7-19)34-25-13-9-21(17-26(25)35-28)29(36)33-15-3-5-23-4-2-14-32-23/h2,6-14,16-17H,3-5,15H2,1H3,(H,33,36). The zero-order chi connectivity index (χ0) is 25.1. The number of carbonyl (C=O) groups excluding carboxylic acids is 1. The van der Waals surface area contributed by atoms with E-state index in [2.05, 4.69) is 10.3 Å². The number of fused-ring (bicyclic) bond motifs is 1. The van der Waals surface area contributed by atoms with E-state index in [0.717, 1.165) is 25.0 Å². The Morgan fingerprint density at radius 3 is 2.42 bits per heavy atom. The number of nitrogens with one attached hydrogen (secondary N) is 1. The van der Waals surface area contributed by atoms with Crippen molar-refractivity contribution < 1.29 is 13.6 Å². The number of hydrogen-bond acceptors (Lipinski definition) is 4. The summed E-state index contributed by atoms with van der Waals surface area (Å²) in [6.45, 7) is 2.23. The molecule has 5 nitrogen and oxygen atoms in total. The Morgan fingerprint density at radius 2 is 1.67 bits per heavy atom. The summed E-state index contributed by atoms with van der Waals surface area (Å²) in [5, 5.41) is 2.95. The molecule has 5 rings (SSSR count). The molecule has 0 fully saturated rings. The molecule has 1 aliphatic heterocycles. The first kappa shape index (κ1) is 23.5. The Labute approximate surface area is 207 Å². The molecule has 1 aliphatic rings. The lowest BCUT2D eigenvalue weighted by Gasteiger charge is -2.12. The second-order valence-electron chi connectivity index (χ2n) is 8.74. The number of halogens is 2. The first-order valence-corrected chi connectivity index (χ1v) is 11.8. The second-order valence-corrected chi connectivity index (χ2v) is 8.74. The monoisotopic (exact) mass is 482 g/mol. The van der Waals surface area contributed by atoms with Crippen LogP contribution in [0.1, 0.15) is 35.2 Å². The molecular formula is C29H24F2N4O. The summed E-state index contributed by atoms with van der Waals surface area (Å²) in [6, 6.07) is 15.9. The molecular weight excluding hydrogens is 458 g/mol. The molecule has 0 spiro atoms. The smallest absolute Gasteiger partial charge is 0.251 e. The van der Waals surface area contributed by atoms with Crippen LogP contribution < -0.4 is 5.32 Å². The molecule has 3 aromatic carbocycles. The van der Waals surface area contributed by atoms with Gasteiger partial charge in [0, 0.05) is 41.6 Å². The van der Waals surface area contributed by atoms with Crippen molar-refractivity contribution in [2.75, 3.05) is 6.54 Å². The van der Waals surface area contributed by atoms with Gasteiger partial charge in [-0.15, -0.1) is 0 Å². The van der Waals surface area contributed by atoms with Crippen LogP contribution in [0.5, 0.6) is 0 Å². The molecule has 0 atom stereocenters. The molecule has 0 saturated carbocycles. The number of amides is 1. The minimum Gasteiger partial charge on any atom is -0.352 e. The van der Waals surface area contributed by atoms with Crippen molar-refractivity contribution in [3.8, 4) is 22.5 Å². The van der Waals surface area contributed by atoms with Crippen LogP contribution >= 0.6 is 0 Å². The van der Waals surface area contributed by atoms with E-state index >= 15 is 0 Å². The van der Waals surface area contributed by atoms with Crippen LogP contribution in [0.25, 0.3) is 33.5 Å². The van der Waals surface area contributed by atoms with Gasteiger partial charge in [-0.05, 0) is 86.0 Å². The van der Waals surface area contributed by atoms with Gasteiger partial charge in [0.25, 0.3) is 5.91 Å². The van der Waals surface area contributed by atoms with E-state index in [1.807, 2.05) is 12.3 Å². The third-order valence-corrected chi connectivity index (χ3v) is 6.12. The molecule has 0 bridgehead atoms. The van der Waals surface area contributed by atoms with Crippen LogP contribution in [-0.2, 0) is 0 Å². The predicted octanol–water partition coefficient (Wildman–Crippen LogP) is 6.42. The Morgan fingerprint density at radius 1 is 0.917 bits per heavy atom. The maximum absolute atomic E-state index is 14.0. The normalized spacial score (nSPS) is 12.7.